The number of pyridine rings is 1. The summed E-state index contributed by atoms with van der Waals surface area (Å²) >= 11 is 0. The highest BCUT2D eigenvalue weighted by molar-refractivity contribution is 5.94. The summed E-state index contributed by atoms with van der Waals surface area (Å²) in [5, 5.41) is 6.99. The molecule has 3 aromatic rings. The Morgan fingerprint density at radius 3 is 2.92 bits per heavy atom. The molecule has 0 bridgehead atoms. The van der Waals surface area contributed by atoms with Crippen molar-refractivity contribution in [3.8, 4) is 5.82 Å². The second kappa shape index (κ2) is 6.79. The first-order valence-corrected chi connectivity index (χ1v) is 8.22. The summed E-state index contributed by atoms with van der Waals surface area (Å²) in [6.07, 6.45) is 4.72. The minimum Gasteiger partial charge on any atom is -0.453 e. The SMILES string of the molecule is O=C(C[C@@H]1OC(=O)c2ccccc21)NCc1ccnc(-n2cccn2)c1. The fraction of sp³-hybridized carbons (Fsp3) is 0.158. The average Bonchev–Trinajstić information content (AvgIpc) is 3.30. The second-order valence-corrected chi connectivity index (χ2v) is 5.93. The molecule has 0 spiro atoms. The normalized spacial score (nSPS) is 15.4. The third-order valence-electron chi connectivity index (χ3n) is 4.19. The van der Waals surface area contributed by atoms with Crippen LogP contribution in [0.5, 0.6) is 0 Å². The van der Waals surface area contributed by atoms with Crippen molar-refractivity contribution in [1.82, 2.24) is 20.1 Å². The van der Waals surface area contributed by atoms with Crippen LogP contribution < -0.4 is 5.32 Å². The number of nitrogens with zero attached hydrogens (tertiary/aromatic N) is 3. The van der Waals surface area contributed by atoms with Crippen molar-refractivity contribution in [1.29, 1.82) is 0 Å². The minimum absolute atomic E-state index is 0.0971. The number of hydrogen-bond acceptors (Lipinski definition) is 5. The maximum atomic E-state index is 12.3. The summed E-state index contributed by atoms with van der Waals surface area (Å²) in [6, 6.07) is 12.6. The van der Waals surface area contributed by atoms with Crippen molar-refractivity contribution in [3.63, 3.8) is 0 Å². The summed E-state index contributed by atoms with van der Waals surface area (Å²) in [5.41, 5.74) is 2.20. The van der Waals surface area contributed by atoms with E-state index in [0.717, 1.165) is 11.1 Å². The lowest BCUT2D eigenvalue weighted by Crippen LogP contribution is -2.24. The van der Waals surface area contributed by atoms with E-state index in [4.69, 9.17) is 4.74 Å². The van der Waals surface area contributed by atoms with Crippen molar-refractivity contribution in [2.45, 2.75) is 19.1 Å². The summed E-state index contributed by atoms with van der Waals surface area (Å²) in [5.74, 6) is 0.119. The predicted octanol–water partition coefficient (Wildman–Crippen LogP) is 2.19. The quantitative estimate of drug-likeness (QED) is 0.714. The Labute approximate surface area is 149 Å². The minimum atomic E-state index is -0.532. The molecule has 1 aliphatic heterocycles. The Morgan fingerprint density at radius 2 is 2.08 bits per heavy atom. The number of benzene rings is 1. The van der Waals surface area contributed by atoms with E-state index in [-0.39, 0.29) is 18.3 Å². The van der Waals surface area contributed by atoms with E-state index in [2.05, 4.69) is 15.4 Å². The molecule has 26 heavy (non-hydrogen) atoms. The molecule has 1 N–H and O–H groups in total. The number of fused-ring (bicyclic) bond motifs is 1. The number of hydrogen-bond donors (Lipinski definition) is 1. The van der Waals surface area contributed by atoms with Crippen LogP contribution in [0.3, 0.4) is 0 Å². The van der Waals surface area contributed by atoms with Gasteiger partial charge in [-0.15, -0.1) is 0 Å². The van der Waals surface area contributed by atoms with E-state index < -0.39 is 6.10 Å². The Kier molecular flexibility index (Phi) is 4.18. The van der Waals surface area contributed by atoms with Crippen LogP contribution in [0.4, 0.5) is 0 Å². The van der Waals surface area contributed by atoms with Gasteiger partial charge in [0, 0.05) is 30.7 Å². The van der Waals surface area contributed by atoms with Crippen molar-refractivity contribution < 1.29 is 14.3 Å². The highest BCUT2D eigenvalue weighted by Gasteiger charge is 2.31. The van der Waals surface area contributed by atoms with Crippen LogP contribution in [-0.4, -0.2) is 26.6 Å². The fourth-order valence-corrected chi connectivity index (χ4v) is 2.91. The van der Waals surface area contributed by atoms with Crippen LogP contribution >= 0.6 is 0 Å². The molecule has 1 aromatic carbocycles. The van der Waals surface area contributed by atoms with E-state index in [1.54, 1.807) is 35.4 Å². The Morgan fingerprint density at radius 1 is 1.19 bits per heavy atom. The first-order chi connectivity index (χ1) is 12.7. The molecule has 4 rings (SSSR count). The molecular weight excluding hydrogens is 332 g/mol. The number of rotatable bonds is 5. The molecular formula is C19H16N4O3. The first kappa shape index (κ1) is 16.0. The van der Waals surface area contributed by atoms with Gasteiger partial charge in [-0.1, -0.05) is 18.2 Å². The van der Waals surface area contributed by atoms with E-state index in [9.17, 15) is 9.59 Å². The van der Waals surface area contributed by atoms with Gasteiger partial charge < -0.3 is 10.1 Å². The number of carbonyl (C=O) groups is 2. The monoisotopic (exact) mass is 348 g/mol. The van der Waals surface area contributed by atoms with Gasteiger partial charge in [0.1, 0.15) is 6.10 Å². The van der Waals surface area contributed by atoms with Gasteiger partial charge in [-0.05, 0) is 29.8 Å². The fourth-order valence-electron chi connectivity index (χ4n) is 2.91. The number of nitrogens with one attached hydrogen (secondary N) is 1. The number of aromatic nitrogens is 3. The Balaban J connectivity index is 1.38. The first-order valence-electron chi connectivity index (χ1n) is 8.22. The van der Waals surface area contributed by atoms with Gasteiger partial charge in [0.05, 0.1) is 12.0 Å². The van der Waals surface area contributed by atoms with Crippen LogP contribution in [-0.2, 0) is 16.1 Å². The van der Waals surface area contributed by atoms with E-state index in [1.165, 1.54) is 0 Å². The standard InChI is InChI=1S/C19H16N4O3/c24-18(11-16-14-4-1-2-5-15(14)19(25)26-16)21-12-13-6-8-20-17(10-13)23-9-3-7-22-23/h1-10,16H,11-12H2,(H,21,24)/t16-/m0/s1. The van der Waals surface area contributed by atoms with Gasteiger partial charge in [0.2, 0.25) is 5.91 Å². The van der Waals surface area contributed by atoms with Gasteiger partial charge >= 0.3 is 5.97 Å². The van der Waals surface area contributed by atoms with Crippen LogP contribution in [0, 0.1) is 0 Å². The number of amides is 1. The lowest BCUT2D eigenvalue weighted by atomic mass is 10.0. The molecule has 0 fully saturated rings. The van der Waals surface area contributed by atoms with Crippen molar-refractivity contribution in [2.24, 2.45) is 0 Å². The van der Waals surface area contributed by atoms with Gasteiger partial charge in [0.15, 0.2) is 5.82 Å². The van der Waals surface area contributed by atoms with Crippen LogP contribution in [0.1, 0.15) is 34.0 Å². The third-order valence-corrected chi connectivity index (χ3v) is 4.19. The van der Waals surface area contributed by atoms with Crippen molar-refractivity contribution in [3.05, 3.63) is 77.7 Å². The average molecular weight is 348 g/mol. The molecule has 3 heterocycles. The molecule has 1 aliphatic rings. The Hall–Kier alpha value is -3.48. The van der Waals surface area contributed by atoms with Gasteiger partial charge in [0.25, 0.3) is 0 Å². The molecule has 0 saturated heterocycles. The highest BCUT2D eigenvalue weighted by Crippen LogP contribution is 2.32. The molecule has 0 saturated carbocycles. The number of ether oxygens (including phenoxy) is 1. The molecule has 1 amide bonds. The summed E-state index contributed by atoms with van der Waals surface area (Å²) in [4.78, 5) is 28.3. The lowest BCUT2D eigenvalue weighted by molar-refractivity contribution is -0.123. The van der Waals surface area contributed by atoms with E-state index in [0.29, 0.717) is 17.9 Å². The molecule has 1 atom stereocenters. The lowest BCUT2D eigenvalue weighted by Gasteiger charge is -2.11. The van der Waals surface area contributed by atoms with Crippen molar-refractivity contribution in [2.75, 3.05) is 0 Å². The maximum absolute atomic E-state index is 12.3. The second-order valence-electron chi connectivity index (χ2n) is 5.93. The zero-order valence-corrected chi connectivity index (χ0v) is 13.8. The molecule has 2 aromatic heterocycles. The van der Waals surface area contributed by atoms with Crippen molar-refractivity contribution >= 4 is 11.9 Å². The summed E-state index contributed by atoms with van der Waals surface area (Å²) < 4.78 is 6.95. The van der Waals surface area contributed by atoms with Gasteiger partial charge in [-0.2, -0.15) is 5.10 Å². The predicted molar refractivity (Wildman–Crippen MR) is 92.4 cm³/mol. The summed E-state index contributed by atoms with van der Waals surface area (Å²) in [7, 11) is 0. The van der Waals surface area contributed by atoms with Gasteiger partial charge in [-0.25, -0.2) is 14.5 Å². The Bertz CT molecular complexity index is 953. The van der Waals surface area contributed by atoms with Crippen LogP contribution in [0.15, 0.2) is 61.1 Å². The molecule has 7 heteroatoms. The number of carbonyl (C=O) groups excluding carboxylic acids is 2. The maximum Gasteiger partial charge on any atom is 0.339 e. The van der Waals surface area contributed by atoms with Gasteiger partial charge in [-0.3, -0.25) is 4.79 Å². The molecule has 130 valence electrons. The molecule has 0 unspecified atom stereocenters. The van der Waals surface area contributed by atoms with E-state index in [1.807, 2.05) is 30.3 Å². The molecule has 7 nitrogen and oxygen atoms in total. The summed E-state index contributed by atoms with van der Waals surface area (Å²) in [6.45, 7) is 0.359. The van der Waals surface area contributed by atoms with Crippen LogP contribution in [0.2, 0.25) is 0 Å². The molecule has 0 aliphatic carbocycles. The number of esters is 1. The topological polar surface area (TPSA) is 86.1 Å². The highest BCUT2D eigenvalue weighted by atomic mass is 16.5. The zero-order valence-electron chi connectivity index (χ0n) is 13.8. The third kappa shape index (κ3) is 3.19. The smallest absolute Gasteiger partial charge is 0.339 e. The molecule has 0 radical (unpaired) electrons. The zero-order chi connectivity index (χ0) is 17.9. The van der Waals surface area contributed by atoms with Crippen LogP contribution in [0.25, 0.3) is 5.82 Å². The number of cyclic esters (lactones) is 1. The van der Waals surface area contributed by atoms with E-state index >= 15 is 0 Å². The largest absolute Gasteiger partial charge is 0.453 e.